The van der Waals surface area contributed by atoms with Gasteiger partial charge in [0.2, 0.25) is 10.0 Å². The number of nitrogens with one attached hydrogen (secondary N) is 1. The summed E-state index contributed by atoms with van der Waals surface area (Å²) in [6.07, 6.45) is 4.44. The van der Waals surface area contributed by atoms with E-state index in [1.165, 1.54) is 0 Å². The quantitative estimate of drug-likeness (QED) is 0.802. The summed E-state index contributed by atoms with van der Waals surface area (Å²) in [4.78, 5) is 3.80. The van der Waals surface area contributed by atoms with E-state index in [9.17, 15) is 17.9 Å². The zero-order chi connectivity index (χ0) is 18.0. The van der Waals surface area contributed by atoms with Gasteiger partial charge < -0.3 is 5.11 Å². The Morgan fingerprint density at radius 1 is 1.28 bits per heavy atom. The van der Waals surface area contributed by atoms with Crippen LogP contribution in [-0.4, -0.2) is 30.7 Å². The maximum absolute atomic E-state index is 13.2. The van der Waals surface area contributed by atoms with Gasteiger partial charge in [0, 0.05) is 18.4 Å². The van der Waals surface area contributed by atoms with Crippen LogP contribution in [0.3, 0.4) is 0 Å². The Hall–Kier alpha value is -1.54. The van der Waals surface area contributed by atoms with Crippen molar-refractivity contribution in [1.82, 2.24) is 9.71 Å². The zero-order valence-electron chi connectivity index (χ0n) is 13.3. The van der Waals surface area contributed by atoms with Crippen molar-refractivity contribution in [2.24, 2.45) is 5.92 Å². The first-order chi connectivity index (χ1) is 11.8. The minimum absolute atomic E-state index is 0.0252. The highest BCUT2D eigenvalue weighted by Gasteiger charge is 2.36. The maximum atomic E-state index is 13.2. The summed E-state index contributed by atoms with van der Waals surface area (Å²) in [5, 5.41) is 9.41. The average Bonchev–Trinajstić information content (AvgIpc) is 2.51. The van der Waals surface area contributed by atoms with Crippen molar-refractivity contribution in [3.63, 3.8) is 0 Å². The van der Waals surface area contributed by atoms with E-state index in [4.69, 9.17) is 11.6 Å². The van der Waals surface area contributed by atoms with Crippen LogP contribution in [0.4, 0.5) is 4.39 Å². The van der Waals surface area contributed by atoms with Crippen molar-refractivity contribution in [2.45, 2.75) is 36.3 Å². The minimum atomic E-state index is -3.91. The maximum Gasteiger partial charge on any atom is 0.242 e. The van der Waals surface area contributed by atoms with Crippen molar-refractivity contribution in [1.29, 1.82) is 0 Å². The fourth-order valence-corrected chi connectivity index (χ4v) is 4.83. The lowest BCUT2D eigenvalue weighted by Crippen LogP contribution is -2.48. The molecule has 1 fully saturated rings. The Morgan fingerprint density at radius 2 is 1.96 bits per heavy atom. The van der Waals surface area contributed by atoms with Crippen molar-refractivity contribution in [3.05, 3.63) is 59.1 Å². The molecule has 0 radical (unpaired) electrons. The van der Waals surface area contributed by atoms with Gasteiger partial charge in [0.15, 0.2) is 0 Å². The van der Waals surface area contributed by atoms with E-state index in [-0.39, 0.29) is 15.8 Å². The predicted molar refractivity (Wildman–Crippen MR) is 92.2 cm³/mol. The molecule has 0 saturated heterocycles. The summed E-state index contributed by atoms with van der Waals surface area (Å²) < 4.78 is 41.3. The molecule has 8 heteroatoms. The first-order valence-corrected chi connectivity index (χ1v) is 9.75. The molecule has 1 aliphatic rings. The average molecular weight is 385 g/mol. The van der Waals surface area contributed by atoms with Gasteiger partial charge in [0.1, 0.15) is 10.7 Å². The number of halogens is 2. The van der Waals surface area contributed by atoms with E-state index < -0.39 is 28.0 Å². The van der Waals surface area contributed by atoms with Crippen LogP contribution >= 0.6 is 11.6 Å². The number of aliphatic hydroxyl groups is 1. The second-order valence-corrected chi connectivity index (χ2v) is 8.34. The molecule has 0 spiro atoms. The first kappa shape index (κ1) is 18.3. The molecule has 0 bridgehead atoms. The number of pyridine rings is 1. The number of hydrogen-bond acceptors (Lipinski definition) is 4. The summed E-state index contributed by atoms with van der Waals surface area (Å²) in [6.45, 7) is 0. The fourth-order valence-electron chi connectivity index (χ4n) is 2.99. The fraction of sp³-hybridized carbons (Fsp3) is 0.353. The van der Waals surface area contributed by atoms with Crippen LogP contribution in [0.1, 0.15) is 18.4 Å². The Bertz CT molecular complexity index is 842. The number of sulfonamides is 1. The van der Waals surface area contributed by atoms with Crippen molar-refractivity contribution >= 4 is 21.6 Å². The monoisotopic (exact) mass is 384 g/mol. The molecule has 1 atom stereocenters. The van der Waals surface area contributed by atoms with Gasteiger partial charge in [0.25, 0.3) is 0 Å². The molecule has 3 rings (SSSR count). The zero-order valence-corrected chi connectivity index (χ0v) is 14.8. The topological polar surface area (TPSA) is 79.3 Å². The molecule has 2 N–H and O–H groups in total. The number of hydrogen-bond donors (Lipinski definition) is 2. The van der Waals surface area contributed by atoms with Crippen molar-refractivity contribution < 1.29 is 17.9 Å². The summed E-state index contributed by atoms with van der Waals surface area (Å²) in [7, 11) is -3.91. The summed E-state index contributed by atoms with van der Waals surface area (Å²) >= 11 is 5.90. The Balaban J connectivity index is 1.83. The third-order valence-electron chi connectivity index (χ3n) is 4.41. The minimum Gasteiger partial charge on any atom is -0.393 e. The molecular formula is C17H18ClFN2O3S. The van der Waals surface area contributed by atoms with Crippen molar-refractivity contribution in [3.8, 4) is 0 Å². The largest absolute Gasteiger partial charge is 0.393 e. The van der Waals surface area contributed by atoms with E-state index in [2.05, 4.69) is 9.71 Å². The van der Waals surface area contributed by atoms with Gasteiger partial charge in [-0.3, -0.25) is 4.98 Å². The predicted octanol–water partition coefficient (Wildman–Crippen LogP) is 2.53. The smallest absolute Gasteiger partial charge is 0.242 e. The number of aliphatic hydroxyl groups excluding tert-OH is 1. The molecule has 2 aromatic rings. The van der Waals surface area contributed by atoms with Gasteiger partial charge in [-0.05, 0) is 61.1 Å². The van der Waals surface area contributed by atoms with E-state index in [0.29, 0.717) is 19.3 Å². The molecular weight excluding hydrogens is 367 g/mol. The highest BCUT2D eigenvalue weighted by Crippen LogP contribution is 2.33. The summed E-state index contributed by atoms with van der Waals surface area (Å²) in [5.74, 6) is -0.573. The number of aromatic nitrogens is 1. The Labute approximate surface area is 150 Å². The summed E-state index contributed by atoms with van der Waals surface area (Å²) in [5.41, 5.74) is 0.939. The SMILES string of the molecule is O=S(=O)(N[C@@H](Cc1ccncc1)C1CC(O)C1)c1ccc(F)cc1Cl. The molecule has 1 heterocycles. The third kappa shape index (κ3) is 4.36. The van der Waals surface area contributed by atoms with E-state index in [1.54, 1.807) is 12.4 Å². The second kappa shape index (κ2) is 7.37. The van der Waals surface area contributed by atoms with E-state index in [1.807, 2.05) is 12.1 Å². The molecule has 5 nitrogen and oxygen atoms in total. The lowest BCUT2D eigenvalue weighted by Gasteiger charge is -2.38. The highest BCUT2D eigenvalue weighted by atomic mass is 35.5. The van der Waals surface area contributed by atoms with Crippen LogP contribution in [-0.2, 0) is 16.4 Å². The van der Waals surface area contributed by atoms with E-state index in [0.717, 1.165) is 23.8 Å². The van der Waals surface area contributed by atoms with Gasteiger partial charge in [0.05, 0.1) is 11.1 Å². The van der Waals surface area contributed by atoms with Crippen LogP contribution < -0.4 is 4.72 Å². The van der Waals surface area contributed by atoms with Crippen LogP contribution in [0.25, 0.3) is 0 Å². The molecule has 134 valence electrons. The molecule has 0 aliphatic heterocycles. The summed E-state index contributed by atoms with van der Waals surface area (Å²) in [6, 6.07) is 6.44. The van der Waals surface area contributed by atoms with Gasteiger partial charge in [-0.1, -0.05) is 11.6 Å². The molecule has 1 saturated carbocycles. The van der Waals surface area contributed by atoms with Crippen LogP contribution in [0, 0.1) is 11.7 Å². The van der Waals surface area contributed by atoms with Gasteiger partial charge in [-0.2, -0.15) is 0 Å². The number of rotatable bonds is 6. The van der Waals surface area contributed by atoms with Crippen LogP contribution in [0.5, 0.6) is 0 Å². The molecule has 0 unspecified atom stereocenters. The Kier molecular flexibility index (Phi) is 5.38. The normalized spacial score (nSPS) is 21.6. The number of nitrogens with zero attached hydrogens (tertiary/aromatic N) is 1. The van der Waals surface area contributed by atoms with Gasteiger partial charge in [-0.25, -0.2) is 17.5 Å². The van der Waals surface area contributed by atoms with Gasteiger partial charge in [-0.15, -0.1) is 0 Å². The number of benzene rings is 1. The molecule has 1 aromatic carbocycles. The van der Waals surface area contributed by atoms with Gasteiger partial charge >= 0.3 is 0 Å². The van der Waals surface area contributed by atoms with E-state index >= 15 is 0 Å². The molecule has 25 heavy (non-hydrogen) atoms. The first-order valence-electron chi connectivity index (χ1n) is 7.89. The molecule has 0 amide bonds. The molecule has 1 aliphatic carbocycles. The third-order valence-corrected chi connectivity index (χ3v) is 6.39. The highest BCUT2D eigenvalue weighted by molar-refractivity contribution is 7.89. The Morgan fingerprint density at radius 3 is 2.56 bits per heavy atom. The standard InChI is InChI=1S/C17H18ClFN2O3S/c18-15-10-13(19)1-2-17(15)25(23,24)21-16(12-8-14(22)9-12)7-11-3-5-20-6-4-11/h1-6,10,12,14,16,21-22H,7-9H2/t12?,14?,16-/m0/s1. The second-order valence-electron chi connectivity index (χ2n) is 6.25. The lowest BCUT2D eigenvalue weighted by molar-refractivity contribution is 0.0283. The lowest BCUT2D eigenvalue weighted by atomic mass is 9.76. The van der Waals surface area contributed by atoms with Crippen LogP contribution in [0.2, 0.25) is 5.02 Å². The van der Waals surface area contributed by atoms with Crippen molar-refractivity contribution in [2.75, 3.05) is 0 Å². The van der Waals surface area contributed by atoms with Crippen LogP contribution in [0.15, 0.2) is 47.6 Å². The molecule has 1 aromatic heterocycles.